The molecule has 6 aromatic carbocycles. The number of carbonyl (C=O) groups is 2. The first-order chi connectivity index (χ1) is 31.5. The number of nitrogens with zero attached hydrogens (tertiary/aromatic N) is 4. The maximum absolute atomic E-state index is 13.7. The number of aromatic nitrogens is 2. The van der Waals surface area contributed by atoms with E-state index in [2.05, 4.69) is 114 Å². The van der Waals surface area contributed by atoms with Crippen LogP contribution in [0.25, 0.3) is 43.4 Å². The second-order valence-electron chi connectivity index (χ2n) is 16.6. The van der Waals surface area contributed by atoms with Gasteiger partial charge in [0.1, 0.15) is 11.5 Å². The summed E-state index contributed by atoms with van der Waals surface area (Å²) in [7, 11) is 0. The quantitative estimate of drug-likeness (QED) is 0.0627. The van der Waals surface area contributed by atoms with Crippen LogP contribution in [-0.2, 0) is 19.1 Å². The Labute approximate surface area is 371 Å². The van der Waals surface area contributed by atoms with E-state index in [1.54, 1.807) is 0 Å². The lowest BCUT2D eigenvalue weighted by molar-refractivity contribution is -0.191. The van der Waals surface area contributed by atoms with Crippen LogP contribution in [0.15, 0.2) is 146 Å². The highest BCUT2D eigenvalue weighted by Gasteiger charge is 2.30. The second kappa shape index (κ2) is 18.8. The lowest BCUT2D eigenvalue weighted by Crippen LogP contribution is -2.47. The van der Waals surface area contributed by atoms with Gasteiger partial charge in [0.25, 0.3) is 0 Å². The van der Waals surface area contributed by atoms with Crippen molar-refractivity contribution < 1.29 is 28.5 Å². The molecule has 4 heterocycles. The third-order valence-corrected chi connectivity index (χ3v) is 12.6. The van der Waals surface area contributed by atoms with Gasteiger partial charge >= 0.3 is 11.9 Å². The highest BCUT2D eigenvalue weighted by molar-refractivity contribution is 6.29. The summed E-state index contributed by atoms with van der Waals surface area (Å²) in [5.74, 6) is -1.17. The van der Waals surface area contributed by atoms with Gasteiger partial charge in [-0.2, -0.15) is 0 Å². The molecular formula is C52H52N6O6. The topological polar surface area (TPSA) is 116 Å². The molecular weight excluding hydrogens is 805 g/mol. The smallest absolute Gasteiger partial charge is 0.420 e. The van der Waals surface area contributed by atoms with Gasteiger partial charge in [0.05, 0.1) is 0 Å². The maximum Gasteiger partial charge on any atom is 0.420 e. The van der Waals surface area contributed by atoms with Crippen LogP contribution in [0, 0.1) is 0 Å². The summed E-state index contributed by atoms with van der Waals surface area (Å²) in [6.07, 6.45) is 2.26. The molecule has 0 aliphatic carbocycles. The number of fused-ring (bicyclic) bond motifs is 4. The van der Waals surface area contributed by atoms with Gasteiger partial charge in [0, 0.05) is 124 Å². The number of H-pyrrole nitrogens is 2. The molecule has 2 N–H and O–H groups in total. The van der Waals surface area contributed by atoms with Gasteiger partial charge in [0.2, 0.25) is 12.6 Å². The van der Waals surface area contributed by atoms with Gasteiger partial charge in [-0.05, 0) is 82.2 Å². The average Bonchev–Trinajstić information content (AvgIpc) is 4.04. The summed E-state index contributed by atoms with van der Waals surface area (Å²) < 4.78 is 24.6. The number of esters is 2. The Morgan fingerprint density at radius 3 is 1.33 bits per heavy atom. The van der Waals surface area contributed by atoms with Crippen LogP contribution in [0.4, 0.5) is 11.4 Å². The van der Waals surface area contributed by atoms with Crippen LogP contribution < -0.4 is 19.3 Å². The Morgan fingerprint density at radius 1 is 0.469 bits per heavy atom. The van der Waals surface area contributed by atoms with Crippen LogP contribution in [0.3, 0.4) is 0 Å². The van der Waals surface area contributed by atoms with Gasteiger partial charge in [-0.3, -0.25) is 9.80 Å². The highest BCUT2D eigenvalue weighted by atomic mass is 16.7. The van der Waals surface area contributed by atoms with Crippen LogP contribution in [0.2, 0.25) is 0 Å². The lowest BCUT2D eigenvalue weighted by atomic mass is 10.1. The van der Waals surface area contributed by atoms with E-state index in [1.807, 2.05) is 60.9 Å². The van der Waals surface area contributed by atoms with Crippen molar-refractivity contribution in [3.05, 3.63) is 146 Å². The minimum atomic E-state index is -1.13. The maximum atomic E-state index is 13.7. The van der Waals surface area contributed by atoms with Crippen molar-refractivity contribution in [2.24, 2.45) is 0 Å². The van der Waals surface area contributed by atoms with E-state index in [1.165, 1.54) is 32.9 Å². The predicted molar refractivity (Wildman–Crippen MR) is 252 cm³/mol. The van der Waals surface area contributed by atoms with E-state index >= 15 is 0 Å². The van der Waals surface area contributed by atoms with Crippen molar-refractivity contribution >= 4 is 66.7 Å². The molecule has 0 saturated carbocycles. The Kier molecular flexibility index (Phi) is 12.0. The van der Waals surface area contributed by atoms with E-state index in [0.717, 1.165) is 74.2 Å². The van der Waals surface area contributed by atoms with Gasteiger partial charge in [-0.1, -0.05) is 72.8 Å². The highest BCUT2D eigenvalue weighted by Crippen LogP contribution is 2.30. The number of nitrogens with one attached hydrogen (secondary N) is 2. The SMILES string of the molecule is O=C(OC(CCN1CCN(c2ccc3ccccc3c2)CC1)Oc1cccc2[nH]ccc12)C(=O)OC(CCN1CCN(c2ccc3ccccc3c2)CC1)Oc1cccc2[nH]ccc12. The molecule has 0 spiro atoms. The van der Waals surface area contributed by atoms with Crippen molar-refractivity contribution in [3.63, 3.8) is 0 Å². The first-order valence-electron chi connectivity index (χ1n) is 22.3. The number of carbonyl (C=O) groups excluding carboxylic acids is 2. The largest absolute Gasteiger partial charge is 0.454 e. The summed E-state index contributed by atoms with van der Waals surface area (Å²) in [5.41, 5.74) is 4.19. The summed E-state index contributed by atoms with van der Waals surface area (Å²) >= 11 is 0. The number of anilines is 2. The van der Waals surface area contributed by atoms with E-state index in [9.17, 15) is 9.59 Å². The minimum absolute atomic E-state index is 0.344. The van der Waals surface area contributed by atoms with Gasteiger partial charge in [-0.25, -0.2) is 9.59 Å². The standard InChI is InChI=1S/C52H52N6O6/c59-51(63-49(61-47-13-5-11-45-43(47)19-23-53-45)21-25-55-27-31-57(32-28-55)41-17-15-37-7-1-3-9-39(37)35-41)52(60)64-50(62-48-14-6-12-46-44(48)20-24-54-46)22-26-56-29-33-58(34-30-56)42-18-16-38-8-2-4-10-40(38)36-42/h1-20,23-24,35-36,49-50,53-54H,21-22,25-34H2. The molecule has 8 aromatic rings. The summed E-state index contributed by atoms with van der Waals surface area (Å²) in [5, 5.41) is 6.60. The predicted octanol–water partition coefficient (Wildman–Crippen LogP) is 8.58. The fraction of sp³-hybridized carbons (Fsp3) is 0.269. The Hall–Kier alpha value is -7.02. The molecule has 0 amide bonds. The fourth-order valence-corrected chi connectivity index (χ4v) is 9.00. The summed E-state index contributed by atoms with van der Waals surface area (Å²) in [6.45, 7) is 7.94. The number of hydrogen-bond donors (Lipinski definition) is 2. The van der Waals surface area contributed by atoms with Gasteiger partial charge in [0.15, 0.2) is 0 Å². The summed E-state index contributed by atoms with van der Waals surface area (Å²) in [4.78, 5) is 43.4. The average molecular weight is 857 g/mol. The van der Waals surface area contributed by atoms with Crippen molar-refractivity contribution in [2.45, 2.75) is 25.4 Å². The molecule has 10 rings (SSSR count). The zero-order valence-corrected chi connectivity index (χ0v) is 35.7. The number of hydrogen-bond acceptors (Lipinski definition) is 10. The monoisotopic (exact) mass is 856 g/mol. The number of benzene rings is 6. The van der Waals surface area contributed by atoms with Gasteiger partial charge in [-0.15, -0.1) is 0 Å². The number of aromatic amines is 2. The first kappa shape index (κ1) is 41.0. The molecule has 12 heteroatoms. The Bertz CT molecular complexity index is 2680. The zero-order chi connectivity index (χ0) is 43.2. The minimum Gasteiger partial charge on any atom is -0.454 e. The third-order valence-electron chi connectivity index (χ3n) is 12.6. The van der Waals surface area contributed by atoms with Crippen molar-refractivity contribution in [1.82, 2.24) is 19.8 Å². The van der Waals surface area contributed by atoms with Crippen molar-refractivity contribution in [2.75, 3.05) is 75.2 Å². The zero-order valence-electron chi connectivity index (χ0n) is 35.7. The van der Waals surface area contributed by atoms with Crippen LogP contribution >= 0.6 is 0 Å². The number of ether oxygens (including phenoxy) is 4. The van der Waals surface area contributed by atoms with Gasteiger partial charge < -0.3 is 38.7 Å². The van der Waals surface area contributed by atoms with Crippen LogP contribution in [0.5, 0.6) is 11.5 Å². The molecule has 2 fully saturated rings. The molecule has 64 heavy (non-hydrogen) atoms. The molecule has 2 aliphatic rings. The van der Waals surface area contributed by atoms with E-state index in [-0.39, 0.29) is 0 Å². The lowest BCUT2D eigenvalue weighted by Gasteiger charge is -2.36. The normalized spacial score (nSPS) is 16.0. The van der Waals surface area contributed by atoms with Crippen molar-refractivity contribution in [3.8, 4) is 11.5 Å². The van der Waals surface area contributed by atoms with E-state index < -0.39 is 24.5 Å². The number of rotatable bonds is 14. The molecule has 326 valence electrons. The summed E-state index contributed by atoms with van der Waals surface area (Å²) in [6, 6.07) is 45.2. The molecule has 12 nitrogen and oxygen atoms in total. The third kappa shape index (κ3) is 9.34. The molecule has 2 atom stereocenters. The molecule has 2 aliphatic heterocycles. The Morgan fingerprint density at radius 2 is 0.891 bits per heavy atom. The van der Waals surface area contributed by atoms with Crippen molar-refractivity contribution in [1.29, 1.82) is 0 Å². The second-order valence-corrected chi connectivity index (χ2v) is 16.6. The number of piperazine rings is 2. The van der Waals surface area contributed by atoms with E-state index in [4.69, 9.17) is 18.9 Å². The molecule has 2 saturated heterocycles. The molecule has 0 bridgehead atoms. The molecule has 2 unspecified atom stereocenters. The van der Waals surface area contributed by atoms with Crippen LogP contribution in [-0.4, -0.2) is 110 Å². The first-order valence-corrected chi connectivity index (χ1v) is 22.3. The van der Waals surface area contributed by atoms with Crippen LogP contribution in [0.1, 0.15) is 12.8 Å². The Balaban J connectivity index is 0.791. The molecule has 0 radical (unpaired) electrons. The molecule has 2 aromatic heterocycles. The fourth-order valence-electron chi connectivity index (χ4n) is 9.00. The van der Waals surface area contributed by atoms with E-state index in [0.29, 0.717) is 37.4 Å².